The highest BCUT2D eigenvalue weighted by molar-refractivity contribution is 5.32. The summed E-state index contributed by atoms with van der Waals surface area (Å²) in [6.45, 7) is 6.61. The standard InChI is InChI=1S/C15H24N2/c1-11-5-6-14(12(2)8-11)15(16)9-13-4-3-7-17-10-13/h5-6,8,13,15,17H,3-4,7,9-10,16H2,1-2H3. The maximum absolute atomic E-state index is 6.35. The van der Waals surface area contributed by atoms with E-state index in [1.807, 2.05) is 0 Å². The van der Waals surface area contributed by atoms with Crippen molar-refractivity contribution in [3.8, 4) is 0 Å². The number of rotatable bonds is 3. The minimum Gasteiger partial charge on any atom is -0.324 e. The Bertz CT molecular complexity index is 367. The lowest BCUT2D eigenvalue weighted by atomic mass is 9.88. The molecule has 3 N–H and O–H groups in total. The molecule has 1 saturated heterocycles. The van der Waals surface area contributed by atoms with Crippen molar-refractivity contribution in [2.24, 2.45) is 11.7 Å². The first-order valence-electron chi connectivity index (χ1n) is 6.70. The second-order valence-electron chi connectivity index (χ2n) is 5.41. The lowest BCUT2D eigenvalue weighted by molar-refractivity contribution is 0.336. The number of benzene rings is 1. The van der Waals surface area contributed by atoms with Gasteiger partial charge in [0.2, 0.25) is 0 Å². The van der Waals surface area contributed by atoms with Crippen molar-refractivity contribution < 1.29 is 0 Å². The van der Waals surface area contributed by atoms with Gasteiger partial charge < -0.3 is 11.1 Å². The molecule has 0 bridgehead atoms. The Hall–Kier alpha value is -0.860. The molecule has 2 unspecified atom stereocenters. The fraction of sp³-hybridized carbons (Fsp3) is 0.600. The van der Waals surface area contributed by atoms with Crippen LogP contribution in [-0.4, -0.2) is 13.1 Å². The van der Waals surface area contributed by atoms with Crippen molar-refractivity contribution in [1.82, 2.24) is 5.32 Å². The molecular formula is C15H24N2. The molecule has 1 fully saturated rings. The normalized spacial score (nSPS) is 22.4. The predicted molar refractivity (Wildman–Crippen MR) is 73.1 cm³/mol. The van der Waals surface area contributed by atoms with Gasteiger partial charge in [-0.15, -0.1) is 0 Å². The van der Waals surface area contributed by atoms with E-state index in [1.54, 1.807) is 0 Å². The van der Waals surface area contributed by atoms with Crippen LogP contribution >= 0.6 is 0 Å². The van der Waals surface area contributed by atoms with Crippen LogP contribution in [0.3, 0.4) is 0 Å². The summed E-state index contributed by atoms with van der Waals surface area (Å²) in [7, 11) is 0. The summed E-state index contributed by atoms with van der Waals surface area (Å²) in [4.78, 5) is 0. The molecule has 2 heteroatoms. The molecule has 0 aromatic heterocycles. The lowest BCUT2D eigenvalue weighted by Gasteiger charge is -2.26. The highest BCUT2D eigenvalue weighted by Crippen LogP contribution is 2.25. The fourth-order valence-corrected chi connectivity index (χ4v) is 2.85. The van der Waals surface area contributed by atoms with Gasteiger partial charge in [0.25, 0.3) is 0 Å². The van der Waals surface area contributed by atoms with E-state index in [4.69, 9.17) is 5.73 Å². The molecule has 2 rings (SSSR count). The summed E-state index contributed by atoms with van der Waals surface area (Å²) >= 11 is 0. The van der Waals surface area contributed by atoms with E-state index in [2.05, 4.69) is 37.4 Å². The zero-order valence-corrected chi connectivity index (χ0v) is 11.0. The van der Waals surface area contributed by atoms with Crippen LogP contribution in [0, 0.1) is 19.8 Å². The maximum Gasteiger partial charge on any atom is 0.0300 e. The molecule has 1 aromatic rings. The van der Waals surface area contributed by atoms with E-state index < -0.39 is 0 Å². The summed E-state index contributed by atoms with van der Waals surface area (Å²) in [5.74, 6) is 0.749. The first kappa shape index (κ1) is 12.6. The molecule has 0 amide bonds. The third-order valence-electron chi connectivity index (χ3n) is 3.81. The van der Waals surface area contributed by atoms with Crippen LogP contribution in [0.25, 0.3) is 0 Å². The highest BCUT2D eigenvalue weighted by Gasteiger charge is 2.18. The quantitative estimate of drug-likeness (QED) is 0.841. The number of piperidine rings is 1. The van der Waals surface area contributed by atoms with Gasteiger partial charge in [-0.2, -0.15) is 0 Å². The molecule has 1 aliphatic heterocycles. The van der Waals surface area contributed by atoms with Crippen LogP contribution in [-0.2, 0) is 0 Å². The molecule has 0 spiro atoms. The highest BCUT2D eigenvalue weighted by atomic mass is 14.9. The zero-order valence-electron chi connectivity index (χ0n) is 11.0. The molecule has 0 saturated carbocycles. The lowest BCUT2D eigenvalue weighted by Crippen LogP contribution is -2.32. The van der Waals surface area contributed by atoms with Crippen LogP contribution in [0.5, 0.6) is 0 Å². The second-order valence-corrected chi connectivity index (χ2v) is 5.41. The monoisotopic (exact) mass is 232 g/mol. The SMILES string of the molecule is Cc1ccc(C(N)CC2CCCNC2)c(C)c1. The Labute approximate surface area is 105 Å². The molecule has 1 aromatic carbocycles. The van der Waals surface area contributed by atoms with Crippen molar-refractivity contribution >= 4 is 0 Å². The topological polar surface area (TPSA) is 38.0 Å². The van der Waals surface area contributed by atoms with E-state index in [9.17, 15) is 0 Å². The molecule has 1 heterocycles. The zero-order chi connectivity index (χ0) is 12.3. The number of hydrogen-bond acceptors (Lipinski definition) is 2. The average molecular weight is 232 g/mol. The van der Waals surface area contributed by atoms with Crippen molar-refractivity contribution in [3.63, 3.8) is 0 Å². The van der Waals surface area contributed by atoms with Crippen LogP contribution in [0.15, 0.2) is 18.2 Å². The first-order valence-corrected chi connectivity index (χ1v) is 6.70. The van der Waals surface area contributed by atoms with Crippen molar-refractivity contribution in [2.75, 3.05) is 13.1 Å². The molecule has 0 aliphatic carbocycles. The third kappa shape index (κ3) is 3.30. The number of nitrogens with one attached hydrogen (secondary N) is 1. The van der Waals surface area contributed by atoms with Crippen LogP contribution < -0.4 is 11.1 Å². The predicted octanol–water partition coefficient (Wildman–Crippen LogP) is 2.69. The molecule has 94 valence electrons. The van der Waals surface area contributed by atoms with E-state index in [1.165, 1.54) is 36.1 Å². The van der Waals surface area contributed by atoms with Gasteiger partial charge in [-0.3, -0.25) is 0 Å². The van der Waals surface area contributed by atoms with Gasteiger partial charge in [0.1, 0.15) is 0 Å². The molecule has 2 nitrogen and oxygen atoms in total. The summed E-state index contributed by atoms with van der Waals surface area (Å²) in [6.07, 6.45) is 3.73. The van der Waals surface area contributed by atoms with E-state index in [-0.39, 0.29) is 6.04 Å². The Balaban J connectivity index is 2.00. The Kier molecular flexibility index (Phi) is 4.19. The third-order valence-corrected chi connectivity index (χ3v) is 3.81. The number of hydrogen-bond donors (Lipinski definition) is 2. The van der Waals surface area contributed by atoms with Crippen molar-refractivity contribution in [3.05, 3.63) is 34.9 Å². The maximum atomic E-state index is 6.35. The first-order chi connectivity index (χ1) is 8.16. The fourth-order valence-electron chi connectivity index (χ4n) is 2.85. The average Bonchev–Trinajstić information content (AvgIpc) is 2.30. The van der Waals surface area contributed by atoms with Gasteiger partial charge in [-0.05, 0) is 63.2 Å². The Morgan fingerprint density at radius 1 is 1.41 bits per heavy atom. The smallest absolute Gasteiger partial charge is 0.0300 e. The minimum atomic E-state index is 0.195. The number of aryl methyl sites for hydroxylation is 2. The molecule has 17 heavy (non-hydrogen) atoms. The van der Waals surface area contributed by atoms with Crippen molar-refractivity contribution in [1.29, 1.82) is 0 Å². The van der Waals surface area contributed by atoms with E-state index in [0.717, 1.165) is 18.9 Å². The van der Waals surface area contributed by atoms with Gasteiger partial charge in [0, 0.05) is 6.04 Å². The second kappa shape index (κ2) is 5.65. The van der Waals surface area contributed by atoms with E-state index >= 15 is 0 Å². The van der Waals surface area contributed by atoms with Crippen LogP contribution in [0.1, 0.15) is 42.0 Å². The summed E-state index contributed by atoms with van der Waals surface area (Å²) in [5, 5.41) is 3.46. The van der Waals surface area contributed by atoms with Gasteiger partial charge in [-0.1, -0.05) is 23.8 Å². The number of nitrogens with two attached hydrogens (primary N) is 1. The molecule has 1 aliphatic rings. The summed E-state index contributed by atoms with van der Waals surface area (Å²) < 4.78 is 0. The minimum absolute atomic E-state index is 0.195. The molecule has 0 radical (unpaired) electrons. The summed E-state index contributed by atoms with van der Waals surface area (Å²) in [6, 6.07) is 6.79. The van der Waals surface area contributed by atoms with E-state index in [0.29, 0.717) is 0 Å². The molecular weight excluding hydrogens is 208 g/mol. The van der Waals surface area contributed by atoms with Gasteiger partial charge >= 0.3 is 0 Å². The largest absolute Gasteiger partial charge is 0.324 e. The van der Waals surface area contributed by atoms with Crippen molar-refractivity contribution in [2.45, 2.75) is 39.2 Å². The Morgan fingerprint density at radius 3 is 2.88 bits per heavy atom. The Morgan fingerprint density at radius 2 is 2.24 bits per heavy atom. The van der Waals surface area contributed by atoms with Crippen LogP contribution in [0.4, 0.5) is 0 Å². The molecule has 2 atom stereocenters. The van der Waals surface area contributed by atoms with Gasteiger partial charge in [-0.25, -0.2) is 0 Å². The van der Waals surface area contributed by atoms with Crippen LogP contribution in [0.2, 0.25) is 0 Å². The van der Waals surface area contributed by atoms with Gasteiger partial charge in [0.15, 0.2) is 0 Å². The van der Waals surface area contributed by atoms with Gasteiger partial charge in [0.05, 0.1) is 0 Å². The summed E-state index contributed by atoms with van der Waals surface area (Å²) in [5.41, 5.74) is 10.3.